The fraction of sp³-hybridized carbons (Fsp3) is 0.368. The van der Waals surface area contributed by atoms with Crippen molar-refractivity contribution < 1.29 is 24.9 Å². The lowest BCUT2D eigenvalue weighted by molar-refractivity contribution is -0.136. The minimum atomic E-state index is -1.01. The topological polar surface area (TPSA) is 94.8 Å². The fourth-order valence-corrected chi connectivity index (χ4v) is 2.28. The van der Waals surface area contributed by atoms with Gasteiger partial charge in [-0.25, -0.2) is 4.79 Å². The normalized spacial score (nSPS) is 12.2. The van der Waals surface area contributed by atoms with Gasteiger partial charge in [0.05, 0.1) is 12.0 Å². The quantitative estimate of drug-likeness (QED) is 0.590. The van der Waals surface area contributed by atoms with E-state index in [-0.39, 0.29) is 17.7 Å². The Hall–Kier alpha value is -2.56. The second kappa shape index (κ2) is 9.55. The number of phenolic OH excluding ortho intramolecular Hbond substituents is 1. The number of aliphatic carboxylic acids is 1. The number of allylic oxidation sites excluding steroid dienone is 3. The third kappa shape index (κ3) is 7.13. The zero-order chi connectivity index (χ0) is 18.1. The van der Waals surface area contributed by atoms with Crippen LogP contribution in [0.3, 0.4) is 0 Å². The SMILES string of the molecule is CC(=CCC(=O)O)CCCC(C)=CCc1cc(C(=O)O)ccc1O. The molecule has 0 saturated carbocycles. The van der Waals surface area contributed by atoms with Crippen LogP contribution in [0, 0.1) is 0 Å². The first kappa shape index (κ1) is 19.5. The lowest BCUT2D eigenvalue weighted by Crippen LogP contribution is -1.97. The zero-order valence-corrected chi connectivity index (χ0v) is 14.1. The van der Waals surface area contributed by atoms with Crippen LogP contribution >= 0.6 is 0 Å². The maximum atomic E-state index is 11.0. The molecule has 0 unspecified atom stereocenters. The molecule has 0 aliphatic rings. The van der Waals surface area contributed by atoms with Crippen LogP contribution in [-0.4, -0.2) is 27.3 Å². The smallest absolute Gasteiger partial charge is 0.335 e. The Labute approximate surface area is 142 Å². The van der Waals surface area contributed by atoms with Gasteiger partial charge in [-0.2, -0.15) is 0 Å². The van der Waals surface area contributed by atoms with Crippen LogP contribution in [0.2, 0.25) is 0 Å². The first-order valence-corrected chi connectivity index (χ1v) is 7.88. The van der Waals surface area contributed by atoms with Gasteiger partial charge in [0.1, 0.15) is 5.75 Å². The third-order valence-electron chi connectivity index (χ3n) is 3.76. The second-order valence-electron chi connectivity index (χ2n) is 5.91. The molecule has 0 amide bonds. The molecule has 0 fully saturated rings. The second-order valence-corrected chi connectivity index (χ2v) is 5.91. The molecule has 5 heteroatoms. The van der Waals surface area contributed by atoms with E-state index in [1.54, 1.807) is 6.08 Å². The highest BCUT2D eigenvalue weighted by molar-refractivity contribution is 5.88. The molecular weight excluding hydrogens is 308 g/mol. The average Bonchev–Trinajstić information content (AvgIpc) is 2.51. The van der Waals surface area contributed by atoms with Crippen LogP contribution in [-0.2, 0) is 11.2 Å². The molecule has 24 heavy (non-hydrogen) atoms. The number of hydrogen-bond acceptors (Lipinski definition) is 3. The van der Waals surface area contributed by atoms with Crippen LogP contribution in [0.25, 0.3) is 0 Å². The molecule has 0 atom stereocenters. The van der Waals surface area contributed by atoms with Gasteiger partial charge in [-0.1, -0.05) is 23.3 Å². The molecule has 0 spiro atoms. The van der Waals surface area contributed by atoms with Crippen LogP contribution in [0.5, 0.6) is 5.75 Å². The fourth-order valence-electron chi connectivity index (χ4n) is 2.28. The molecule has 1 aromatic carbocycles. The van der Waals surface area contributed by atoms with Gasteiger partial charge >= 0.3 is 11.9 Å². The van der Waals surface area contributed by atoms with Crippen molar-refractivity contribution in [1.29, 1.82) is 0 Å². The molecule has 0 heterocycles. The number of carboxylic acids is 2. The maximum Gasteiger partial charge on any atom is 0.335 e. The highest BCUT2D eigenvalue weighted by Crippen LogP contribution is 2.21. The number of hydrogen-bond donors (Lipinski definition) is 3. The van der Waals surface area contributed by atoms with Crippen LogP contribution in [0.15, 0.2) is 41.5 Å². The molecule has 0 aliphatic heterocycles. The van der Waals surface area contributed by atoms with Crippen molar-refractivity contribution in [1.82, 2.24) is 0 Å². The largest absolute Gasteiger partial charge is 0.508 e. The summed E-state index contributed by atoms with van der Waals surface area (Å²) in [5, 5.41) is 27.4. The van der Waals surface area contributed by atoms with Crippen LogP contribution in [0.1, 0.15) is 55.5 Å². The monoisotopic (exact) mass is 332 g/mol. The summed E-state index contributed by atoms with van der Waals surface area (Å²) in [6.45, 7) is 3.92. The summed E-state index contributed by atoms with van der Waals surface area (Å²) in [6, 6.07) is 4.27. The Bertz CT molecular complexity index is 656. The maximum absolute atomic E-state index is 11.0. The van der Waals surface area contributed by atoms with Crippen molar-refractivity contribution >= 4 is 11.9 Å². The summed E-state index contributed by atoms with van der Waals surface area (Å²) in [6.07, 6.45) is 6.89. The third-order valence-corrected chi connectivity index (χ3v) is 3.76. The predicted molar refractivity (Wildman–Crippen MR) is 92.4 cm³/mol. The molecule has 5 nitrogen and oxygen atoms in total. The summed E-state index contributed by atoms with van der Waals surface area (Å²) >= 11 is 0. The molecule has 0 aliphatic carbocycles. The van der Waals surface area contributed by atoms with Gasteiger partial charge in [-0.3, -0.25) is 4.79 Å². The van der Waals surface area contributed by atoms with Gasteiger partial charge in [0.25, 0.3) is 0 Å². The van der Waals surface area contributed by atoms with Crippen molar-refractivity contribution in [3.8, 4) is 5.75 Å². The predicted octanol–water partition coefficient (Wildman–Crippen LogP) is 4.17. The molecule has 3 N–H and O–H groups in total. The number of phenols is 1. The van der Waals surface area contributed by atoms with E-state index in [9.17, 15) is 14.7 Å². The highest BCUT2D eigenvalue weighted by atomic mass is 16.4. The number of rotatable bonds is 9. The first-order valence-electron chi connectivity index (χ1n) is 7.88. The minimum absolute atomic E-state index is 0.0554. The van der Waals surface area contributed by atoms with E-state index in [2.05, 4.69) is 0 Å². The van der Waals surface area contributed by atoms with Crippen LogP contribution < -0.4 is 0 Å². The van der Waals surface area contributed by atoms with E-state index >= 15 is 0 Å². The summed E-state index contributed by atoms with van der Waals surface area (Å²) in [4.78, 5) is 21.5. The number of benzene rings is 1. The van der Waals surface area contributed by atoms with Crippen molar-refractivity contribution in [2.24, 2.45) is 0 Å². The molecule has 1 aromatic rings. The van der Waals surface area contributed by atoms with Gasteiger partial charge in [0, 0.05) is 0 Å². The van der Waals surface area contributed by atoms with E-state index in [4.69, 9.17) is 10.2 Å². The van der Waals surface area contributed by atoms with E-state index < -0.39 is 11.9 Å². The van der Waals surface area contributed by atoms with Crippen LogP contribution in [0.4, 0.5) is 0 Å². The van der Waals surface area contributed by atoms with Gasteiger partial charge in [-0.15, -0.1) is 0 Å². The van der Waals surface area contributed by atoms with Gasteiger partial charge in [0.15, 0.2) is 0 Å². The lowest BCUT2D eigenvalue weighted by atomic mass is 10.0. The van der Waals surface area contributed by atoms with Gasteiger partial charge in [0.2, 0.25) is 0 Å². The first-order chi connectivity index (χ1) is 11.3. The summed E-state index contributed by atoms with van der Waals surface area (Å²) in [5.41, 5.74) is 2.97. The minimum Gasteiger partial charge on any atom is -0.508 e. The highest BCUT2D eigenvalue weighted by Gasteiger charge is 2.07. The molecule has 0 radical (unpaired) electrons. The Morgan fingerprint density at radius 1 is 1.04 bits per heavy atom. The molecule has 1 rings (SSSR count). The van der Waals surface area contributed by atoms with Crippen molar-refractivity contribution in [3.05, 3.63) is 52.6 Å². The molecule has 0 bridgehead atoms. The van der Waals surface area contributed by atoms with E-state index in [0.29, 0.717) is 12.0 Å². The molecular formula is C19H24O5. The molecule has 130 valence electrons. The van der Waals surface area contributed by atoms with Crippen molar-refractivity contribution in [2.75, 3.05) is 0 Å². The Morgan fingerprint density at radius 2 is 1.67 bits per heavy atom. The Balaban J connectivity index is 2.53. The summed E-state index contributed by atoms with van der Waals surface area (Å²) in [5.74, 6) is -1.74. The van der Waals surface area contributed by atoms with Gasteiger partial charge < -0.3 is 15.3 Å². The summed E-state index contributed by atoms with van der Waals surface area (Å²) < 4.78 is 0. The Kier molecular flexibility index (Phi) is 7.75. The number of aromatic carboxylic acids is 1. The Morgan fingerprint density at radius 3 is 2.25 bits per heavy atom. The van der Waals surface area contributed by atoms with Crippen molar-refractivity contribution in [3.63, 3.8) is 0 Å². The zero-order valence-electron chi connectivity index (χ0n) is 14.1. The van der Waals surface area contributed by atoms with Crippen molar-refractivity contribution in [2.45, 2.75) is 46.0 Å². The number of carboxylic acid groups (broad SMARTS) is 2. The molecule has 0 aromatic heterocycles. The average molecular weight is 332 g/mol. The lowest BCUT2D eigenvalue weighted by Gasteiger charge is -2.06. The summed E-state index contributed by atoms with van der Waals surface area (Å²) in [7, 11) is 0. The van der Waals surface area contributed by atoms with E-state index in [1.807, 2.05) is 19.9 Å². The van der Waals surface area contributed by atoms with E-state index in [0.717, 1.165) is 30.4 Å². The standard InChI is InChI=1S/C19H24O5/c1-13(4-3-5-14(2)7-11-18(21)22)6-8-15-12-16(19(23)24)9-10-17(15)20/h6-7,9-10,12,20H,3-5,8,11H2,1-2H3,(H,21,22)(H,23,24). The number of carbonyl (C=O) groups is 2. The van der Waals surface area contributed by atoms with Gasteiger partial charge in [-0.05, 0) is 63.3 Å². The van der Waals surface area contributed by atoms with E-state index in [1.165, 1.54) is 18.2 Å². The molecule has 0 saturated heterocycles. The number of aromatic hydroxyl groups is 1.